The van der Waals surface area contributed by atoms with Crippen molar-refractivity contribution in [2.45, 2.75) is 26.3 Å². The summed E-state index contributed by atoms with van der Waals surface area (Å²) in [6.45, 7) is 6.79. The number of ether oxygens (including phenoxy) is 1. The molecule has 0 aliphatic rings. The van der Waals surface area contributed by atoms with Gasteiger partial charge >= 0.3 is 0 Å². The summed E-state index contributed by atoms with van der Waals surface area (Å²) in [6.07, 6.45) is 1.11. The molecule has 0 saturated heterocycles. The Morgan fingerprint density at radius 1 is 1.57 bits per heavy atom. The molecule has 1 atom stereocenters. The average molecular weight is 213 g/mol. The van der Waals surface area contributed by atoms with E-state index in [0.717, 1.165) is 26.2 Å². The average Bonchev–Trinajstić information content (AvgIpc) is 2.65. The summed E-state index contributed by atoms with van der Waals surface area (Å²) in [4.78, 5) is 0. The van der Waals surface area contributed by atoms with E-state index in [-0.39, 0.29) is 0 Å². The molecular weight excluding hydrogens is 194 g/mol. The highest BCUT2D eigenvalue weighted by Gasteiger charge is 2.02. The molecule has 1 rings (SSSR count). The molecule has 1 aromatic heterocycles. The largest absolute Gasteiger partial charge is 0.380 e. The molecule has 1 N–H and O–H groups in total. The molecule has 0 radical (unpaired) electrons. The van der Waals surface area contributed by atoms with Crippen LogP contribution in [0.4, 0.5) is 0 Å². The first-order chi connectivity index (χ1) is 6.83. The van der Waals surface area contributed by atoms with Crippen LogP contribution in [0, 0.1) is 0 Å². The van der Waals surface area contributed by atoms with Gasteiger partial charge in [-0.1, -0.05) is 0 Å². The fraction of sp³-hybridized carbons (Fsp3) is 0.636. The Kier molecular flexibility index (Phi) is 5.83. The second-order valence-electron chi connectivity index (χ2n) is 3.39. The van der Waals surface area contributed by atoms with E-state index in [0.29, 0.717) is 6.04 Å². The standard InChI is InChI=1S/C11H19NOS/c1-3-13-6-5-12-10(2)8-11-4-7-14-9-11/h4,7,9-10,12H,3,5-6,8H2,1-2H3. The third-order valence-electron chi connectivity index (χ3n) is 2.07. The Morgan fingerprint density at radius 3 is 3.07 bits per heavy atom. The van der Waals surface area contributed by atoms with Crippen LogP contribution in [0.5, 0.6) is 0 Å². The van der Waals surface area contributed by atoms with E-state index in [4.69, 9.17) is 4.74 Å². The zero-order valence-electron chi connectivity index (χ0n) is 8.95. The number of thiophene rings is 1. The second kappa shape index (κ2) is 6.98. The third kappa shape index (κ3) is 4.74. The quantitative estimate of drug-likeness (QED) is 0.702. The van der Waals surface area contributed by atoms with Crippen LogP contribution >= 0.6 is 11.3 Å². The first-order valence-electron chi connectivity index (χ1n) is 5.15. The molecule has 0 aromatic carbocycles. The van der Waals surface area contributed by atoms with Gasteiger partial charge in [0.05, 0.1) is 6.61 Å². The van der Waals surface area contributed by atoms with Crippen molar-refractivity contribution >= 4 is 11.3 Å². The summed E-state index contributed by atoms with van der Waals surface area (Å²) in [5.74, 6) is 0. The van der Waals surface area contributed by atoms with E-state index < -0.39 is 0 Å². The summed E-state index contributed by atoms with van der Waals surface area (Å²) in [6, 6.07) is 2.72. The van der Waals surface area contributed by atoms with Gasteiger partial charge in [-0.05, 0) is 42.7 Å². The third-order valence-corrected chi connectivity index (χ3v) is 2.80. The molecule has 0 aliphatic heterocycles. The van der Waals surface area contributed by atoms with Crippen molar-refractivity contribution in [3.8, 4) is 0 Å². The normalized spacial score (nSPS) is 13.0. The lowest BCUT2D eigenvalue weighted by Gasteiger charge is -2.12. The van der Waals surface area contributed by atoms with Gasteiger partial charge in [0.15, 0.2) is 0 Å². The molecule has 0 bridgehead atoms. The second-order valence-corrected chi connectivity index (χ2v) is 4.17. The van der Waals surface area contributed by atoms with Crippen LogP contribution < -0.4 is 5.32 Å². The summed E-state index contributed by atoms with van der Waals surface area (Å²) in [5.41, 5.74) is 1.42. The Balaban J connectivity index is 2.07. The highest BCUT2D eigenvalue weighted by Crippen LogP contribution is 2.08. The maximum Gasteiger partial charge on any atom is 0.0590 e. The Hall–Kier alpha value is -0.380. The lowest BCUT2D eigenvalue weighted by molar-refractivity contribution is 0.147. The number of rotatable bonds is 7. The summed E-state index contributed by atoms with van der Waals surface area (Å²) in [5, 5.41) is 7.77. The van der Waals surface area contributed by atoms with Crippen molar-refractivity contribution in [3.63, 3.8) is 0 Å². The van der Waals surface area contributed by atoms with E-state index >= 15 is 0 Å². The number of hydrogen-bond donors (Lipinski definition) is 1. The van der Waals surface area contributed by atoms with Crippen molar-refractivity contribution in [1.29, 1.82) is 0 Å². The van der Waals surface area contributed by atoms with Crippen LogP contribution in [0.25, 0.3) is 0 Å². The maximum absolute atomic E-state index is 5.26. The highest BCUT2D eigenvalue weighted by atomic mass is 32.1. The minimum absolute atomic E-state index is 0.532. The molecular formula is C11H19NOS. The van der Waals surface area contributed by atoms with Gasteiger partial charge in [-0.2, -0.15) is 11.3 Å². The van der Waals surface area contributed by atoms with Gasteiger partial charge in [-0.25, -0.2) is 0 Å². The van der Waals surface area contributed by atoms with Crippen LogP contribution in [0.2, 0.25) is 0 Å². The first-order valence-corrected chi connectivity index (χ1v) is 6.09. The van der Waals surface area contributed by atoms with Gasteiger partial charge < -0.3 is 10.1 Å². The summed E-state index contributed by atoms with van der Waals surface area (Å²) in [7, 11) is 0. The van der Waals surface area contributed by atoms with E-state index in [9.17, 15) is 0 Å². The molecule has 1 heterocycles. The maximum atomic E-state index is 5.26. The van der Waals surface area contributed by atoms with Gasteiger partial charge in [0.2, 0.25) is 0 Å². The lowest BCUT2D eigenvalue weighted by atomic mass is 10.1. The SMILES string of the molecule is CCOCCNC(C)Cc1ccsc1. The molecule has 1 aromatic rings. The van der Waals surface area contributed by atoms with Crippen LogP contribution in [0.3, 0.4) is 0 Å². The van der Waals surface area contributed by atoms with Gasteiger partial charge in [0, 0.05) is 19.2 Å². The van der Waals surface area contributed by atoms with Gasteiger partial charge in [-0.3, -0.25) is 0 Å². The van der Waals surface area contributed by atoms with Crippen molar-refractivity contribution in [1.82, 2.24) is 5.32 Å². The van der Waals surface area contributed by atoms with Crippen molar-refractivity contribution in [2.75, 3.05) is 19.8 Å². The minimum atomic E-state index is 0.532. The van der Waals surface area contributed by atoms with Crippen molar-refractivity contribution < 1.29 is 4.74 Å². The highest BCUT2D eigenvalue weighted by molar-refractivity contribution is 7.07. The zero-order chi connectivity index (χ0) is 10.2. The van der Waals surface area contributed by atoms with Crippen LogP contribution in [-0.4, -0.2) is 25.8 Å². The molecule has 0 aliphatic carbocycles. The smallest absolute Gasteiger partial charge is 0.0590 e. The van der Waals surface area contributed by atoms with E-state index in [1.807, 2.05) is 6.92 Å². The van der Waals surface area contributed by atoms with E-state index in [2.05, 4.69) is 29.1 Å². The minimum Gasteiger partial charge on any atom is -0.380 e. The molecule has 0 fully saturated rings. The monoisotopic (exact) mass is 213 g/mol. The molecule has 1 unspecified atom stereocenters. The predicted octanol–water partition coefficient (Wildman–Crippen LogP) is 2.31. The predicted molar refractivity (Wildman–Crippen MR) is 62.0 cm³/mol. The van der Waals surface area contributed by atoms with E-state index in [1.54, 1.807) is 11.3 Å². The number of hydrogen-bond acceptors (Lipinski definition) is 3. The zero-order valence-corrected chi connectivity index (χ0v) is 9.77. The fourth-order valence-electron chi connectivity index (χ4n) is 1.36. The van der Waals surface area contributed by atoms with Crippen molar-refractivity contribution in [3.05, 3.63) is 22.4 Å². The summed E-state index contributed by atoms with van der Waals surface area (Å²) >= 11 is 1.76. The molecule has 0 spiro atoms. The van der Waals surface area contributed by atoms with Crippen molar-refractivity contribution in [2.24, 2.45) is 0 Å². The molecule has 2 nitrogen and oxygen atoms in total. The Bertz CT molecular complexity index is 223. The van der Waals surface area contributed by atoms with Gasteiger partial charge in [0.1, 0.15) is 0 Å². The molecule has 0 saturated carbocycles. The van der Waals surface area contributed by atoms with E-state index in [1.165, 1.54) is 5.56 Å². The Labute approximate surface area is 90.3 Å². The topological polar surface area (TPSA) is 21.3 Å². The molecule has 14 heavy (non-hydrogen) atoms. The Morgan fingerprint density at radius 2 is 2.43 bits per heavy atom. The molecule has 0 amide bonds. The number of nitrogens with one attached hydrogen (secondary N) is 1. The summed E-state index contributed by atoms with van der Waals surface area (Å²) < 4.78 is 5.26. The van der Waals surface area contributed by atoms with Crippen LogP contribution in [0.15, 0.2) is 16.8 Å². The molecule has 3 heteroatoms. The van der Waals surface area contributed by atoms with Gasteiger partial charge in [0.25, 0.3) is 0 Å². The van der Waals surface area contributed by atoms with Crippen LogP contribution in [0.1, 0.15) is 19.4 Å². The lowest BCUT2D eigenvalue weighted by Crippen LogP contribution is -2.31. The fourth-order valence-corrected chi connectivity index (χ4v) is 2.04. The molecule has 80 valence electrons. The first kappa shape index (κ1) is 11.7. The van der Waals surface area contributed by atoms with Crippen LogP contribution in [-0.2, 0) is 11.2 Å². The van der Waals surface area contributed by atoms with Gasteiger partial charge in [-0.15, -0.1) is 0 Å².